The SMILES string of the molecule is CNc1ccc(CC2CC3(CCN(c4ncncc4Oc4ccc(F)cc4C(=O)N(C(C)C)C(C)C)C3)CC2N)cc1NC=O. The summed E-state index contributed by atoms with van der Waals surface area (Å²) in [5.41, 5.74) is 9.69. The monoisotopic (exact) mass is 617 g/mol. The molecule has 1 spiro atoms. The van der Waals surface area contributed by atoms with Crippen LogP contribution in [-0.2, 0) is 11.2 Å². The molecule has 1 saturated heterocycles. The quantitative estimate of drug-likeness (QED) is 0.243. The molecular weight excluding hydrogens is 573 g/mol. The normalized spacial score (nSPS) is 21.0. The number of nitrogens with zero attached hydrogens (tertiary/aromatic N) is 4. The van der Waals surface area contributed by atoms with Gasteiger partial charge >= 0.3 is 0 Å². The van der Waals surface area contributed by atoms with E-state index in [0.717, 1.165) is 55.7 Å². The predicted molar refractivity (Wildman–Crippen MR) is 174 cm³/mol. The Labute approximate surface area is 264 Å². The fourth-order valence-corrected chi connectivity index (χ4v) is 7.25. The van der Waals surface area contributed by atoms with Crippen LogP contribution >= 0.6 is 0 Å². The molecule has 4 N–H and O–H groups in total. The smallest absolute Gasteiger partial charge is 0.258 e. The van der Waals surface area contributed by atoms with Gasteiger partial charge in [-0.2, -0.15) is 0 Å². The zero-order valence-corrected chi connectivity index (χ0v) is 26.7. The van der Waals surface area contributed by atoms with Crippen molar-refractivity contribution in [3.63, 3.8) is 0 Å². The number of nitrogens with one attached hydrogen (secondary N) is 2. The minimum Gasteiger partial charge on any atom is -0.451 e. The van der Waals surface area contributed by atoms with Crippen LogP contribution in [0.25, 0.3) is 0 Å². The summed E-state index contributed by atoms with van der Waals surface area (Å²) in [7, 11) is 1.83. The maximum Gasteiger partial charge on any atom is 0.258 e. The molecule has 2 fully saturated rings. The Morgan fingerprint density at radius 1 is 1.16 bits per heavy atom. The van der Waals surface area contributed by atoms with Crippen molar-refractivity contribution in [2.75, 3.05) is 35.7 Å². The second-order valence-corrected chi connectivity index (χ2v) is 13.0. The molecule has 1 aliphatic heterocycles. The minimum absolute atomic E-state index is 0.0348. The molecule has 2 heterocycles. The summed E-state index contributed by atoms with van der Waals surface area (Å²) in [5, 5.41) is 5.89. The molecule has 11 heteroatoms. The summed E-state index contributed by atoms with van der Waals surface area (Å²) < 4.78 is 20.7. The number of nitrogens with two attached hydrogens (primary N) is 1. The average molecular weight is 618 g/mol. The lowest BCUT2D eigenvalue weighted by molar-refractivity contribution is -0.105. The fraction of sp³-hybridized carbons (Fsp3) is 0.471. The van der Waals surface area contributed by atoms with Crippen LogP contribution in [0.4, 0.5) is 21.6 Å². The summed E-state index contributed by atoms with van der Waals surface area (Å²) >= 11 is 0. The van der Waals surface area contributed by atoms with E-state index >= 15 is 0 Å². The molecule has 2 aromatic carbocycles. The molecule has 2 amide bonds. The van der Waals surface area contributed by atoms with Gasteiger partial charge in [-0.05, 0) is 101 Å². The van der Waals surface area contributed by atoms with E-state index in [1.807, 2.05) is 46.9 Å². The van der Waals surface area contributed by atoms with Crippen LogP contribution < -0.4 is 26.0 Å². The van der Waals surface area contributed by atoms with Crippen LogP contribution in [0.2, 0.25) is 0 Å². The fourth-order valence-electron chi connectivity index (χ4n) is 7.25. The Morgan fingerprint density at radius 3 is 2.64 bits per heavy atom. The maximum atomic E-state index is 14.4. The predicted octanol–water partition coefficient (Wildman–Crippen LogP) is 5.45. The number of anilines is 3. The number of benzene rings is 2. The van der Waals surface area contributed by atoms with Crippen molar-refractivity contribution < 1.29 is 18.7 Å². The topological polar surface area (TPSA) is 126 Å². The van der Waals surface area contributed by atoms with Crippen molar-refractivity contribution in [2.45, 2.75) is 71.5 Å². The summed E-state index contributed by atoms with van der Waals surface area (Å²) in [6.45, 7) is 9.29. The standard InChI is InChI=1S/C34H44FN7O3/c1-21(2)42(22(3)4)33(44)26-14-25(35)7-9-30(26)45-31-17-38-19-39-32(31)41-11-10-34(18-41)15-24(27(36)16-34)12-23-6-8-28(37-5)29(13-23)40-20-43/h6-9,13-14,17,19-22,24,27,37H,10-12,15-16,18,36H2,1-5H3,(H,40,43). The van der Waals surface area contributed by atoms with Crippen molar-refractivity contribution in [3.05, 3.63) is 65.9 Å². The molecule has 3 aromatic rings. The van der Waals surface area contributed by atoms with Gasteiger partial charge < -0.3 is 30.9 Å². The van der Waals surface area contributed by atoms with Crippen molar-refractivity contribution in [1.82, 2.24) is 14.9 Å². The van der Waals surface area contributed by atoms with Gasteiger partial charge in [0.05, 0.1) is 23.1 Å². The van der Waals surface area contributed by atoms with Gasteiger partial charge in [0.15, 0.2) is 11.6 Å². The van der Waals surface area contributed by atoms with Gasteiger partial charge in [-0.1, -0.05) is 6.07 Å². The highest BCUT2D eigenvalue weighted by molar-refractivity contribution is 5.97. The van der Waals surface area contributed by atoms with Crippen LogP contribution in [0, 0.1) is 17.2 Å². The van der Waals surface area contributed by atoms with E-state index < -0.39 is 5.82 Å². The van der Waals surface area contributed by atoms with Gasteiger partial charge in [-0.3, -0.25) is 9.59 Å². The number of hydrogen-bond donors (Lipinski definition) is 3. The average Bonchev–Trinajstić information content (AvgIpc) is 3.54. The molecule has 240 valence electrons. The molecule has 0 radical (unpaired) electrons. The molecular formula is C34H44FN7O3. The van der Waals surface area contributed by atoms with Crippen LogP contribution in [0.5, 0.6) is 11.5 Å². The van der Waals surface area contributed by atoms with Crippen molar-refractivity contribution >= 4 is 29.5 Å². The van der Waals surface area contributed by atoms with E-state index in [0.29, 0.717) is 23.9 Å². The molecule has 10 nitrogen and oxygen atoms in total. The zero-order valence-electron chi connectivity index (χ0n) is 26.7. The Kier molecular flexibility index (Phi) is 9.57. The van der Waals surface area contributed by atoms with Crippen molar-refractivity contribution in [3.8, 4) is 11.5 Å². The number of ether oxygens (including phenoxy) is 1. The summed E-state index contributed by atoms with van der Waals surface area (Å²) in [4.78, 5) is 37.4. The molecule has 45 heavy (non-hydrogen) atoms. The summed E-state index contributed by atoms with van der Waals surface area (Å²) in [5.74, 6) is 0.800. The Morgan fingerprint density at radius 2 is 1.93 bits per heavy atom. The first kappa shape index (κ1) is 32.2. The molecule has 3 unspecified atom stereocenters. The number of rotatable bonds is 11. The van der Waals surface area contributed by atoms with Gasteiger partial charge in [0.2, 0.25) is 6.41 Å². The van der Waals surface area contributed by atoms with Gasteiger partial charge in [0.1, 0.15) is 17.9 Å². The van der Waals surface area contributed by atoms with Gasteiger partial charge in [-0.15, -0.1) is 0 Å². The molecule has 5 rings (SSSR count). The third-order valence-electron chi connectivity index (χ3n) is 9.17. The van der Waals surface area contributed by atoms with Crippen LogP contribution in [0.1, 0.15) is 62.9 Å². The van der Waals surface area contributed by atoms with E-state index in [2.05, 4.69) is 31.6 Å². The minimum atomic E-state index is -0.509. The third-order valence-corrected chi connectivity index (χ3v) is 9.17. The van der Waals surface area contributed by atoms with Crippen LogP contribution in [-0.4, -0.2) is 65.4 Å². The van der Waals surface area contributed by atoms with E-state index in [1.54, 1.807) is 11.1 Å². The second-order valence-electron chi connectivity index (χ2n) is 13.0. The number of halogens is 1. The van der Waals surface area contributed by atoms with Crippen LogP contribution in [0.15, 0.2) is 48.9 Å². The third kappa shape index (κ3) is 6.88. The van der Waals surface area contributed by atoms with Gasteiger partial charge in [0, 0.05) is 38.3 Å². The molecule has 2 aliphatic rings. The largest absolute Gasteiger partial charge is 0.451 e. The summed E-state index contributed by atoms with van der Waals surface area (Å²) in [6, 6.07) is 9.99. The Bertz CT molecular complexity index is 1530. The number of aromatic nitrogens is 2. The van der Waals surface area contributed by atoms with E-state index in [-0.39, 0.29) is 40.8 Å². The van der Waals surface area contributed by atoms with Gasteiger partial charge in [0.25, 0.3) is 5.91 Å². The van der Waals surface area contributed by atoms with Crippen molar-refractivity contribution in [1.29, 1.82) is 0 Å². The number of amides is 2. The first-order valence-electron chi connectivity index (χ1n) is 15.7. The highest BCUT2D eigenvalue weighted by Gasteiger charge is 2.48. The highest BCUT2D eigenvalue weighted by atomic mass is 19.1. The number of carbonyl (C=O) groups is 2. The van der Waals surface area contributed by atoms with E-state index in [4.69, 9.17) is 10.5 Å². The molecule has 3 atom stereocenters. The maximum absolute atomic E-state index is 14.4. The molecule has 0 bridgehead atoms. The lowest BCUT2D eigenvalue weighted by atomic mass is 9.83. The lowest BCUT2D eigenvalue weighted by Gasteiger charge is -2.31. The highest BCUT2D eigenvalue weighted by Crippen LogP contribution is 2.50. The molecule has 1 aromatic heterocycles. The molecule has 1 saturated carbocycles. The Balaban J connectivity index is 1.33. The molecule has 1 aliphatic carbocycles. The second kappa shape index (κ2) is 13.4. The lowest BCUT2D eigenvalue weighted by Crippen LogP contribution is -2.42. The zero-order chi connectivity index (χ0) is 32.3. The number of carbonyl (C=O) groups excluding carboxylic acids is 2. The van der Waals surface area contributed by atoms with E-state index in [9.17, 15) is 14.0 Å². The first-order chi connectivity index (χ1) is 21.5. The van der Waals surface area contributed by atoms with Gasteiger partial charge in [-0.25, -0.2) is 14.4 Å². The van der Waals surface area contributed by atoms with Crippen LogP contribution in [0.3, 0.4) is 0 Å². The van der Waals surface area contributed by atoms with E-state index in [1.165, 1.54) is 24.5 Å². The number of hydrogen-bond acceptors (Lipinski definition) is 8. The first-order valence-corrected chi connectivity index (χ1v) is 15.7. The van der Waals surface area contributed by atoms with Crippen molar-refractivity contribution in [2.24, 2.45) is 17.1 Å². The summed E-state index contributed by atoms with van der Waals surface area (Å²) in [6.07, 6.45) is 7.45. The Hall–Kier alpha value is -4.25.